The van der Waals surface area contributed by atoms with Gasteiger partial charge in [0.05, 0.1) is 13.2 Å². The number of aromatic nitrogens is 1. The Morgan fingerprint density at radius 3 is 2.47 bits per heavy atom. The van der Waals surface area contributed by atoms with Gasteiger partial charge in [0.25, 0.3) is 0 Å². The quantitative estimate of drug-likeness (QED) is 0.851. The molecule has 0 amide bonds. The second-order valence-electron chi connectivity index (χ2n) is 4.34. The summed E-state index contributed by atoms with van der Waals surface area (Å²) < 4.78 is 42.5. The molecule has 0 spiro atoms. The number of ether oxygens (including phenoxy) is 1. The minimum Gasteiger partial charge on any atom is -0.676 e. The predicted molar refractivity (Wildman–Crippen MR) is 63.6 cm³/mol. The highest BCUT2D eigenvalue weighted by Gasteiger charge is 2.32. The van der Waals surface area contributed by atoms with Crippen LogP contribution in [0.15, 0.2) is 18.3 Å². The Morgan fingerprint density at radius 2 is 2.00 bits per heavy atom. The van der Waals surface area contributed by atoms with Crippen LogP contribution in [0.1, 0.15) is 17.3 Å². The van der Waals surface area contributed by atoms with E-state index >= 15 is 0 Å². The Balaban J connectivity index is 2.14. The van der Waals surface area contributed by atoms with Gasteiger partial charge in [-0.2, -0.15) is 13.2 Å². The van der Waals surface area contributed by atoms with Crippen LogP contribution in [-0.4, -0.2) is 42.7 Å². The number of hydrogen-bond acceptors (Lipinski definition) is 3. The molecule has 1 aliphatic rings. The average Bonchev–Trinajstić information content (AvgIpc) is 2.40. The van der Waals surface area contributed by atoms with Crippen LogP contribution in [0.2, 0.25) is 0 Å². The Morgan fingerprint density at radius 1 is 1.32 bits per heavy atom. The van der Waals surface area contributed by atoms with Crippen LogP contribution in [0, 0.1) is 0 Å². The van der Waals surface area contributed by atoms with E-state index in [1.165, 1.54) is 12.3 Å². The lowest BCUT2D eigenvalue weighted by atomic mass is 10.1. The van der Waals surface area contributed by atoms with Gasteiger partial charge >= 0.3 is 6.18 Å². The van der Waals surface area contributed by atoms with E-state index in [1.54, 1.807) is 0 Å². The van der Waals surface area contributed by atoms with Crippen LogP contribution in [-0.2, 0) is 10.9 Å². The van der Waals surface area contributed by atoms with Crippen molar-refractivity contribution in [2.24, 2.45) is 0 Å². The lowest BCUT2D eigenvalue weighted by Gasteiger charge is -2.36. The van der Waals surface area contributed by atoms with Crippen LogP contribution in [0.4, 0.5) is 13.2 Å². The highest BCUT2D eigenvalue weighted by Crippen LogP contribution is 2.29. The summed E-state index contributed by atoms with van der Waals surface area (Å²) >= 11 is 0. The third-order valence-electron chi connectivity index (χ3n) is 3.14. The van der Waals surface area contributed by atoms with Gasteiger partial charge < -0.3 is 10.5 Å². The molecule has 1 unspecified atom stereocenters. The number of hydrogen-bond donors (Lipinski definition) is 0. The molecule has 106 valence electrons. The van der Waals surface area contributed by atoms with E-state index in [1.807, 2.05) is 4.90 Å². The predicted octanol–water partition coefficient (Wildman–Crippen LogP) is 2.53. The first-order valence-electron chi connectivity index (χ1n) is 6.02. The zero-order valence-electron chi connectivity index (χ0n) is 10.3. The molecule has 1 saturated heterocycles. The van der Waals surface area contributed by atoms with Gasteiger partial charge in [-0.1, -0.05) is 6.07 Å². The smallest absolute Gasteiger partial charge is 0.433 e. The molecule has 0 aromatic carbocycles. The van der Waals surface area contributed by atoms with Crippen molar-refractivity contribution in [1.82, 2.24) is 9.88 Å². The Hall–Kier alpha value is -1.18. The first-order chi connectivity index (χ1) is 9.02. The minimum atomic E-state index is -4.42. The molecule has 1 atom stereocenters. The van der Waals surface area contributed by atoms with Gasteiger partial charge in [-0.25, -0.2) is 0 Å². The van der Waals surface area contributed by atoms with Crippen LogP contribution in [0.25, 0.3) is 5.73 Å². The number of nitrogens with zero attached hydrogens (tertiary/aromatic N) is 2. The normalized spacial score (nSPS) is 19.4. The second kappa shape index (κ2) is 5.85. The van der Waals surface area contributed by atoms with Gasteiger partial charge in [0.15, 0.2) is 0 Å². The van der Waals surface area contributed by atoms with Crippen molar-refractivity contribution >= 4 is 0 Å². The van der Waals surface area contributed by atoms with Gasteiger partial charge in [-0.15, -0.1) is 6.54 Å². The standard InChI is InChI=1S/C12H15F3N3O/c13-12(14,15)11-2-1-9(8-17-11)10(7-16)18-3-5-19-6-4-18/h1-2,8,10,16H,3-7H2/q-1. The second-order valence-corrected chi connectivity index (χ2v) is 4.34. The highest BCUT2D eigenvalue weighted by atomic mass is 19.4. The summed E-state index contributed by atoms with van der Waals surface area (Å²) in [5, 5.41) is 0. The van der Waals surface area contributed by atoms with Gasteiger partial charge in [0.2, 0.25) is 0 Å². The van der Waals surface area contributed by atoms with Crippen molar-refractivity contribution in [3.8, 4) is 0 Å². The van der Waals surface area contributed by atoms with Crippen molar-refractivity contribution in [2.75, 3.05) is 32.8 Å². The number of pyridine rings is 1. The molecule has 1 aliphatic heterocycles. The molecule has 4 nitrogen and oxygen atoms in total. The molecule has 0 radical (unpaired) electrons. The summed E-state index contributed by atoms with van der Waals surface area (Å²) in [7, 11) is 0. The van der Waals surface area contributed by atoms with Gasteiger partial charge in [-0.3, -0.25) is 9.88 Å². The minimum absolute atomic E-state index is 0.0903. The topological polar surface area (TPSA) is 49.2 Å². The van der Waals surface area contributed by atoms with E-state index in [2.05, 4.69) is 4.98 Å². The molecule has 2 rings (SSSR count). The summed E-state index contributed by atoms with van der Waals surface area (Å²) in [6, 6.07) is 2.15. The summed E-state index contributed by atoms with van der Waals surface area (Å²) in [6.07, 6.45) is -3.20. The molecule has 1 aromatic heterocycles. The monoisotopic (exact) mass is 274 g/mol. The zero-order valence-corrected chi connectivity index (χ0v) is 10.3. The van der Waals surface area contributed by atoms with Crippen molar-refractivity contribution in [2.45, 2.75) is 12.2 Å². The lowest BCUT2D eigenvalue weighted by Crippen LogP contribution is -2.40. The Kier molecular flexibility index (Phi) is 4.38. The maximum Gasteiger partial charge on any atom is 0.433 e. The molecule has 0 aliphatic carbocycles. The van der Waals surface area contributed by atoms with Crippen LogP contribution < -0.4 is 0 Å². The lowest BCUT2D eigenvalue weighted by molar-refractivity contribution is -0.141. The van der Waals surface area contributed by atoms with Crippen molar-refractivity contribution in [1.29, 1.82) is 0 Å². The molecule has 0 saturated carbocycles. The fourth-order valence-electron chi connectivity index (χ4n) is 2.12. The molecule has 19 heavy (non-hydrogen) atoms. The molecule has 7 heteroatoms. The van der Waals surface area contributed by atoms with Crippen molar-refractivity contribution in [3.63, 3.8) is 0 Å². The molecule has 1 aromatic rings. The third-order valence-corrected chi connectivity index (χ3v) is 3.14. The van der Waals surface area contributed by atoms with Crippen LogP contribution in [0.5, 0.6) is 0 Å². The SMILES string of the molecule is [NH-]CC(c1ccc(C(F)(F)F)nc1)N1CCOCC1. The molecule has 1 fully saturated rings. The van der Waals surface area contributed by atoms with Gasteiger partial charge in [0, 0.05) is 25.3 Å². The number of rotatable bonds is 3. The van der Waals surface area contributed by atoms with E-state index < -0.39 is 11.9 Å². The average molecular weight is 274 g/mol. The highest BCUT2D eigenvalue weighted by molar-refractivity contribution is 5.20. The molecule has 0 bridgehead atoms. The molecule has 2 heterocycles. The van der Waals surface area contributed by atoms with Crippen molar-refractivity contribution < 1.29 is 17.9 Å². The van der Waals surface area contributed by atoms with Crippen molar-refractivity contribution in [3.05, 3.63) is 35.3 Å². The molecular weight excluding hydrogens is 259 g/mol. The van der Waals surface area contributed by atoms with Crippen LogP contribution in [0.3, 0.4) is 0 Å². The Bertz CT molecular complexity index is 402. The first kappa shape index (κ1) is 14.2. The maximum atomic E-state index is 12.4. The summed E-state index contributed by atoms with van der Waals surface area (Å²) in [6.45, 7) is 2.64. The maximum absolute atomic E-state index is 12.4. The van der Waals surface area contributed by atoms with E-state index in [0.29, 0.717) is 31.9 Å². The fraction of sp³-hybridized carbons (Fsp3) is 0.583. The molecule has 1 N–H and O–H groups in total. The fourth-order valence-corrected chi connectivity index (χ4v) is 2.12. The van der Waals surface area contributed by atoms with Gasteiger partial charge in [-0.05, 0) is 11.6 Å². The van der Waals surface area contributed by atoms with E-state index in [9.17, 15) is 13.2 Å². The van der Waals surface area contributed by atoms with Gasteiger partial charge in [0.1, 0.15) is 5.69 Å². The van der Waals surface area contributed by atoms with E-state index in [4.69, 9.17) is 10.5 Å². The summed E-state index contributed by atoms with van der Waals surface area (Å²) in [5.41, 5.74) is 7.32. The summed E-state index contributed by atoms with van der Waals surface area (Å²) in [5.74, 6) is 0. The number of nitrogens with one attached hydrogen (secondary N) is 1. The summed E-state index contributed by atoms with van der Waals surface area (Å²) in [4.78, 5) is 5.49. The number of alkyl halides is 3. The first-order valence-corrected chi connectivity index (χ1v) is 6.02. The van der Waals surface area contributed by atoms with E-state index in [0.717, 1.165) is 6.07 Å². The zero-order chi connectivity index (χ0) is 13.9. The number of halogens is 3. The van der Waals surface area contributed by atoms with E-state index in [-0.39, 0.29) is 12.6 Å². The third kappa shape index (κ3) is 3.43. The largest absolute Gasteiger partial charge is 0.676 e. The Labute approximate surface area is 109 Å². The molecular formula is C12H15F3N3O-. The van der Waals surface area contributed by atoms with Crippen LogP contribution >= 0.6 is 0 Å². The number of morpholine rings is 1.